The number of amides is 1. The van der Waals surface area contributed by atoms with Gasteiger partial charge in [0.2, 0.25) is 5.82 Å². The van der Waals surface area contributed by atoms with Gasteiger partial charge in [-0.3, -0.25) is 9.69 Å². The van der Waals surface area contributed by atoms with Crippen molar-refractivity contribution in [2.24, 2.45) is 0 Å². The quantitative estimate of drug-likeness (QED) is 0.408. The molecule has 0 bridgehead atoms. The molecule has 36 heavy (non-hydrogen) atoms. The largest absolute Gasteiger partial charge is 0.416 e. The minimum atomic E-state index is -4.36. The van der Waals surface area contributed by atoms with Crippen molar-refractivity contribution in [2.45, 2.75) is 19.4 Å². The van der Waals surface area contributed by atoms with Crippen molar-refractivity contribution in [1.82, 2.24) is 39.8 Å². The third-order valence-electron chi connectivity index (χ3n) is 5.94. The van der Waals surface area contributed by atoms with E-state index in [9.17, 15) is 18.0 Å². The number of benzene rings is 2. The van der Waals surface area contributed by atoms with E-state index in [1.54, 1.807) is 27.9 Å². The topological polar surface area (TPSA) is 85.0 Å². The summed E-state index contributed by atoms with van der Waals surface area (Å²) >= 11 is 0. The van der Waals surface area contributed by atoms with Gasteiger partial charge in [-0.2, -0.15) is 18.3 Å². The van der Waals surface area contributed by atoms with E-state index < -0.39 is 11.7 Å². The fourth-order valence-electron chi connectivity index (χ4n) is 4.07. The summed E-state index contributed by atoms with van der Waals surface area (Å²) in [5.41, 5.74) is 1.11. The zero-order chi connectivity index (χ0) is 25.1. The van der Waals surface area contributed by atoms with Crippen molar-refractivity contribution in [2.75, 3.05) is 26.2 Å². The van der Waals surface area contributed by atoms with E-state index >= 15 is 0 Å². The predicted molar refractivity (Wildman–Crippen MR) is 124 cm³/mol. The van der Waals surface area contributed by atoms with Crippen molar-refractivity contribution < 1.29 is 18.0 Å². The van der Waals surface area contributed by atoms with Crippen LogP contribution in [0.2, 0.25) is 0 Å². The average molecular weight is 496 g/mol. The molecule has 0 unspecified atom stereocenters. The molecule has 0 radical (unpaired) electrons. The van der Waals surface area contributed by atoms with Gasteiger partial charge < -0.3 is 4.90 Å². The molecule has 1 saturated heterocycles. The Bertz CT molecular complexity index is 1330. The van der Waals surface area contributed by atoms with Gasteiger partial charge in [0.25, 0.3) is 5.91 Å². The highest BCUT2D eigenvalue weighted by Crippen LogP contribution is 2.29. The lowest BCUT2D eigenvalue weighted by atomic mass is 10.1. The van der Waals surface area contributed by atoms with E-state index in [-0.39, 0.29) is 12.6 Å². The van der Waals surface area contributed by atoms with Gasteiger partial charge in [0.05, 0.1) is 5.56 Å². The molecular formula is C24H23F3N8O. The molecule has 0 saturated carbocycles. The van der Waals surface area contributed by atoms with Gasteiger partial charge in [-0.05, 0) is 22.9 Å². The van der Waals surface area contributed by atoms with Crippen LogP contribution in [0, 0.1) is 0 Å². The number of rotatable bonds is 6. The molecule has 1 aliphatic heterocycles. The summed E-state index contributed by atoms with van der Waals surface area (Å²) < 4.78 is 40.5. The zero-order valence-electron chi connectivity index (χ0n) is 19.2. The second-order valence-corrected chi connectivity index (χ2v) is 8.50. The third kappa shape index (κ3) is 5.43. The fraction of sp³-hybridized carbons (Fsp3) is 0.292. The maximum atomic E-state index is 13.0. The minimum Gasteiger partial charge on any atom is -0.335 e. The number of hydrogen-bond donors (Lipinski definition) is 0. The molecular weight excluding hydrogens is 473 g/mol. The van der Waals surface area contributed by atoms with Gasteiger partial charge in [-0.15, -0.1) is 15.0 Å². The first kappa shape index (κ1) is 23.7. The number of alkyl halides is 3. The molecule has 0 spiro atoms. The lowest BCUT2D eigenvalue weighted by molar-refractivity contribution is -0.137. The monoisotopic (exact) mass is 496 g/mol. The molecule has 1 amide bonds. The van der Waals surface area contributed by atoms with E-state index in [4.69, 9.17) is 0 Å². The smallest absolute Gasteiger partial charge is 0.335 e. The Morgan fingerprint density at radius 3 is 2.44 bits per heavy atom. The Morgan fingerprint density at radius 1 is 0.917 bits per heavy atom. The Labute approximate surface area is 204 Å². The second-order valence-electron chi connectivity index (χ2n) is 8.50. The van der Waals surface area contributed by atoms with Crippen molar-refractivity contribution in [1.29, 1.82) is 0 Å². The van der Waals surface area contributed by atoms with E-state index in [1.165, 1.54) is 16.9 Å². The van der Waals surface area contributed by atoms with Crippen LogP contribution in [0.5, 0.6) is 0 Å². The van der Waals surface area contributed by atoms with Gasteiger partial charge >= 0.3 is 6.18 Å². The number of tetrazole rings is 1. The van der Waals surface area contributed by atoms with Crippen LogP contribution >= 0.6 is 0 Å². The Morgan fingerprint density at radius 2 is 1.69 bits per heavy atom. The third-order valence-corrected chi connectivity index (χ3v) is 5.94. The first-order valence-electron chi connectivity index (χ1n) is 11.4. The Hall–Kier alpha value is -4.06. The summed E-state index contributed by atoms with van der Waals surface area (Å²) in [6, 6.07) is 16.5. The SMILES string of the molecule is O=C(c1ccn(Cn2nnc(-c3ccccc3)n2)n1)N1CCN(Cc2cccc(C(F)(F)F)c2)CC1. The number of piperazine rings is 1. The highest BCUT2D eigenvalue weighted by molar-refractivity contribution is 5.92. The number of nitrogens with zero attached hydrogens (tertiary/aromatic N) is 8. The number of carbonyl (C=O) groups is 1. The highest BCUT2D eigenvalue weighted by atomic mass is 19.4. The Balaban J connectivity index is 1.15. The summed E-state index contributed by atoms with van der Waals surface area (Å²) in [6.45, 7) is 2.67. The first-order chi connectivity index (χ1) is 17.3. The Kier molecular flexibility index (Phi) is 6.51. The standard InChI is InChI=1S/C24H23F3N8O/c25-24(26,27)20-8-4-5-18(15-20)16-32-11-13-33(14-12-32)23(36)21-9-10-34(29-21)17-35-30-22(28-31-35)19-6-2-1-3-7-19/h1-10,15H,11-14,16-17H2. The summed E-state index contributed by atoms with van der Waals surface area (Å²) in [5, 5.41) is 16.8. The first-order valence-corrected chi connectivity index (χ1v) is 11.4. The molecule has 0 N–H and O–H groups in total. The number of aromatic nitrogens is 6. The molecule has 12 heteroatoms. The summed E-state index contributed by atoms with van der Waals surface area (Å²) in [6.07, 6.45) is -2.68. The van der Waals surface area contributed by atoms with E-state index in [0.717, 1.165) is 11.6 Å². The van der Waals surface area contributed by atoms with Gasteiger partial charge in [-0.1, -0.05) is 48.5 Å². The number of hydrogen-bond acceptors (Lipinski definition) is 6. The van der Waals surface area contributed by atoms with Gasteiger partial charge in [-0.25, -0.2) is 4.68 Å². The van der Waals surface area contributed by atoms with Gasteiger partial charge in [0.15, 0.2) is 6.67 Å². The van der Waals surface area contributed by atoms with Crippen molar-refractivity contribution >= 4 is 5.91 Å². The van der Waals surface area contributed by atoms with Crippen LogP contribution in [-0.4, -0.2) is 71.9 Å². The lowest BCUT2D eigenvalue weighted by Gasteiger charge is -2.34. The summed E-state index contributed by atoms with van der Waals surface area (Å²) in [7, 11) is 0. The molecule has 0 aliphatic carbocycles. The van der Waals surface area contributed by atoms with Crippen LogP contribution in [0.3, 0.4) is 0 Å². The maximum absolute atomic E-state index is 13.0. The fourth-order valence-corrected chi connectivity index (χ4v) is 4.07. The summed E-state index contributed by atoms with van der Waals surface area (Å²) in [4.78, 5) is 18.1. The normalized spacial score (nSPS) is 14.8. The van der Waals surface area contributed by atoms with Crippen LogP contribution < -0.4 is 0 Å². The van der Waals surface area contributed by atoms with Gasteiger partial charge in [0, 0.05) is 44.5 Å². The highest BCUT2D eigenvalue weighted by Gasteiger charge is 2.30. The molecule has 2 aromatic carbocycles. The zero-order valence-corrected chi connectivity index (χ0v) is 19.2. The molecule has 2 aromatic heterocycles. The molecule has 186 valence electrons. The van der Waals surface area contributed by atoms with E-state index in [1.807, 2.05) is 35.2 Å². The second kappa shape index (κ2) is 9.90. The predicted octanol–water partition coefficient (Wildman–Crippen LogP) is 3.02. The molecule has 1 fully saturated rings. The molecule has 5 rings (SSSR count). The molecule has 9 nitrogen and oxygen atoms in total. The summed E-state index contributed by atoms with van der Waals surface area (Å²) in [5.74, 6) is 0.311. The molecule has 0 atom stereocenters. The van der Waals surface area contributed by atoms with Crippen molar-refractivity contribution in [3.05, 3.63) is 83.7 Å². The van der Waals surface area contributed by atoms with Gasteiger partial charge in [0.1, 0.15) is 5.69 Å². The van der Waals surface area contributed by atoms with E-state index in [2.05, 4.69) is 20.5 Å². The van der Waals surface area contributed by atoms with E-state index in [0.29, 0.717) is 49.8 Å². The molecule has 3 heterocycles. The number of carbonyl (C=O) groups excluding carboxylic acids is 1. The molecule has 4 aromatic rings. The van der Waals surface area contributed by atoms with Crippen LogP contribution in [0.15, 0.2) is 66.9 Å². The van der Waals surface area contributed by atoms with Crippen molar-refractivity contribution in [3.63, 3.8) is 0 Å². The minimum absolute atomic E-state index is 0.191. The molecule has 1 aliphatic rings. The van der Waals surface area contributed by atoms with Crippen LogP contribution in [-0.2, 0) is 19.4 Å². The maximum Gasteiger partial charge on any atom is 0.416 e. The van der Waals surface area contributed by atoms with Crippen LogP contribution in [0.1, 0.15) is 21.6 Å². The average Bonchev–Trinajstić information content (AvgIpc) is 3.55. The van der Waals surface area contributed by atoms with Crippen LogP contribution in [0.4, 0.5) is 13.2 Å². The number of halogens is 3. The van der Waals surface area contributed by atoms with Crippen LogP contribution in [0.25, 0.3) is 11.4 Å². The van der Waals surface area contributed by atoms with Crippen molar-refractivity contribution in [3.8, 4) is 11.4 Å². The lowest BCUT2D eigenvalue weighted by Crippen LogP contribution is -2.48.